The van der Waals surface area contributed by atoms with E-state index >= 15 is 0 Å². The minimum absolute atomic E-state index is 0.598. The van der Waals surface area contributed by atoms with Gasteiger partial charge in [-0.1, -0.05) is 19.3 Å². The van der Waals surface area contributed by atoms with E-state index in [1.807, 2.05) is 19.1 Å². The van der Waals surface area contributed by atoms with Gasteiger partial charge in [-0.2, -0.15) is 0 Å². The van der Waals surface area contributed by atoms with Crippen LogP contribution in [0.15, 0.2) is 18.2 Å². The maximum Gasteiger partial charge on any atom is 0.150 e. The van der Waals surface area contributed by atoms with Gasteiger partial charge in [-0.25, -0.2) is 0 Å². The number of unbranched alkanes of at least 4 members (excludes halogenated alkanes) is 2. The zero-order valence-corrected chi connectivity index (χ0v) is 11.2. The van der Waals surface area contributed by atoms with Crippen molar-refractivity contribution in [2.45, 2.75) is 39.5 Å². The predicted molar refractivity (Wildman–Crippen MR) is 74.0 cm³/mol. The molecule has 0 aliphatic rings. The Morgan fingerprint density at radius 2 is 2.06 bits per heavy atom. The first kappa shape index (κ1) is 14.3. The fourth-order valence-corrected chi connectivity index (χ4v) is 1.56. The van der Waals surface area contributed by atoms with Crippen LogP contribution in [0.5, 0.6) is 5.75 Å². The molecule has 0 N–H and O–H groups in total. The van der Waals surface area contributed by atoms with E-state index in [1.165, 1.54) is 12.8 Å². The van der Waals surface area contributed by atoms with Crippen LogP contribution < -0.4 is 4.74 Å². The number of carbonyl (C=O) groups excluding carboxylic acids is 1. The second-order valence-electron chi connectivity index (χ2n) is 4.20. The number of aryl methyl sites for hydroxylation is 1. The lowest BCUT2D eigenvalue weighted by atomic mass is 10.1. The lowest BCUT2D eigenvalue weighted by Crippen LogP contribution is -1.98. The van der Waals surface area contributed by atoms with E-state index in [0.717, 1.165) is 30.4 Å². The van der Waals surface area contributed by atoms with Crippen molar-refractivity contribution in [3.05, 3.63) is 29.3 Å². The second kappa shape index (κ2) is 8.36. The molecule has 0 aliphatic carbocycles. The molecule has 0 spiro atoms. The number of hydrogen-bond donors (Lipinski definition) is 0. The minimum Gasteiger partial charge on any atom is -0.492 e. The van der Waals surface area contributed by atoms with Crippen LogP contribution in [0.4, 0.5) is 0 Å². The van der Waals surface area contributed by atoms with Crippen molar-refractivity contribution in [3.63, 3.8) is 0 Å². The molecule has 1 aromatic carbocycles. The van der Waals surface area contributed by atoms with Crippen molar-refractivity contribution in [3.8, 4) is 17.6 Å². The van der Waals surface area contributed by atoms with Crippen molar-refractivity contribution >= 4 is 6.29 Å². The van der Waals surface area contributed by atoms with Gasteiger partial charge in [0.2, 0.25) is 0 Å². The van der Waals surface area contributed by atoms with Crippen LogP contribution in [-0.4, -0.2) is 12.9 Å². The van der Waals surface area contributed by atoms with Crippen molar-refractivity contribution in [2.24, 2.45) is 0 Å². The first-order valence-electron chi connectivity index (χ1n) is 6.42. The summed E-state index contributed by atoms with van der Waals surface area (Å²) in [6, 6.07) is 5.43. The Morgan fingerprint density at radius 3 is 2.72 bits per heavy atom. The molecule has 1 aromatic rings. The van der Waals surface area contributed by atoms with Gasteiger partial charge in [0.15, 0.2) is 0 Å². The number of benzene rings is 1. The van der Waals surface area contributed by atoms with Crippen LogP contribution in [0.2, 0.25) is 0 Å². The highest BCUT2D eigenvalue weighted by Gasteiger charge is 1.99. The zero-order valence-electron chi connectivity index (χ0n) is 11.2. The normalized spacial score (nSPS) is 9.44. The highest BCUT2D eigenvalue weighted by molar-refractivity contribution is 5.75. The molecule has 2 heteroatoms. The standard InChI is InChI=1S/C16H20O2/c1-3-4-5-6-7-8-11-18-16-10-9-15(13-17)12-14(16)2/h9-10,12-13H,3-5,8,11H2,1-2H3. The molecule has 0 amide bonds. The van der Waals surface area contributed by atoms with E-state index in [2.05, 4.69) is 18.8 Å². The fraction of sp³-hybridized carbons (Fsp3) is 0.438. The highest BCUT2D eigenvalue weighted by atomic mass is 16.5. The van der Waals surface area contributed by atoms with Gasteiger partial charge in [-0.15, -0.1) is 5.92 Å². The van der Waals surface area contributed by atoms with Crippen molar-refractivity contribution in [1.82, 2.24) is 0 Å². The Kier molecular flexibility index (Phi) is 6.64. The first-order valence-corrected chi connectivity index (χ1v) is 6.42. The maximum atomic E-state index is 10.6. The van der Waals surface area contributed by atoms with Crippen LogP contribution in [0.3, 0.4) is 0 Å². The van der Waals surface area contributed by atoms with Crippen LogP contribution in [0.25, 0.3) is 0 Å². The molecule has 2 nitrogen and oxygen atoms in total. The summed E-state index contributed by atoms with van der Waals surface area (Å²) >= 11 is 0. The minimum atomic E-state index is 0.598. The van der Waals surface area contributed by atoms with Crippen LogP contribution in [0, 0.1) is 18.8 Å². The summed E-state index contributed by atoms with van der Waals surface area (Å²) in [5, 5.41) is 0. The summed E-state index contributed by atoms with van der Waals surface area (Å²) in [5.74, 6) is 7.06. The van der Waals surface area contributed by atoms with E-state index in [0.29, 0.717) is 12.2 Å². The number of rotatable bonds is 6. The topological polar surface area (TPSA) is 26.3 Å². The van der Waals surface area contributed by atoms with E-state index < -0.39 is 0 Å². The summed E-state index contributed by atoms with van der Waals surface area (Å²) < 4.78 is 5.62. The molecule has 0 fully saturated rings. The maximum absolute atomic E-state index is 10.6. The number of carbonyl (C=O) groups is 1. The van der Waals surface area contributed by atoms with Gasteiger partial charge in [-0.3, -0.25) is 4.79 Å². The molecule has 0 aromatic heterocycles. The quantitative estimate of drug-likeness (QED) is 0.432. The second-order valence-corrected chi connectivity index (χ2v) is 4.20. The van der Waals surface area contributed by atoms with Gasteiger partial charge in [0, 0.05) is 18.4 Å². The molecule has 0 saturated carbocycles. The first-order chi connectivity index (χ1) is 8.77. The molecule has 96 valence electrons. The average Bonchev–Trinajstić information content (AvgIpc) is 2.39. The summed E-state index contributed by atoms with van der Waals surface area (Å²) in [4.78, 5) is 10.6. The summed E-state index contributed by atoms with van der Waals surface area (Å²) in [6.45, 7) is 4.70. The Morgan fingerprint density at radius 1 is 1.28 bits per heavy atom. The van der Waals surface area contributed by atoms with Crippen molar-refractivity contribution in [1.29, 1.82) is 0 Å². The monoisotopic (exact) mass is 244 g/mol. The Bertz CT molecular complexity index is 438. The number of aldehydes is 1. The molecule has 18 heavy (non-hydrogen) atoms. The predicted octanol–water partition coefficient (Wildman–Crippen LogP) is 3.77. The zero-order chi connectivity index (χ0) is 13.2. The molecule has 0 unspecified atom stereocenters. The molecule has 0 aliphatic heterocycles. The van der Waals surface area contributed by atoms with Gasteiger partial charge >= 0.3 is 0 Å². The van der Waals surface area contributed by atoms with Crippen LogP contribution >= 0.6 is 0 Å². The van der Waals surface area contributed by atoms with E-state index in [9.17, 15) is 4.79 Å². The Labute approximate surface area is 109 Å². The van der Waals surface area contributed by atoms with Crippen LogP contribution in [-0.2, 0) is 0 Å². The SMILES string of the molecule is CCCCC#CCCOc1ccc(C=O)cc1C. The summed E-state index contributed by atoms with van der Waals surface area (Å²) in [5.41, 5.74) is 1.66. The fourth-order valence-electron chi connectivity index (χ4n) is 1.56. The summed E-state index contributed by atoms with van der Waals surface area (Å²) in [7, 11) is 0. The lowest BCUT2D eigenvalue weighted by molar-refractivity contribution is 0.112. The average molecular weight is 244 g/mol. The number of hydrogen-bond acceptors (Lipinski definition) is 2. The van der Waals surface area contributed by atoms with Gasteiger partial charge < -0.3 is 4.74 Å². The van der Waals surface area contributed by atoms with Gasteiger partial charge in [0.05, 0.1) is 6.61 Å². The number of ether oxygens (including phenoxy) is 1. The summed E-state index contributed by atoms with van der Waals surface area (Å²) in [6.07, 6.45) is 4.92. The highest BCUT2D eigenvalue weighted by Crippen LogP contribution is 2.18. The van der Waals surface area contributed by atoms with Gasteiger partial charge in [0.25, 0.3) is 0 Å². The third kappa shape index (κ3) is 5.05. The smallest absolute Gasteiger partial charge is 0.150 e. The van der Waals surface area contributed by atoms with Gasteiger partial charge in [-0.05, 0) is 37.1 Å². The largest absolute Gasteiger partial charge is 0.492 e. The molecule has 0 atom stereocenters. The lowest BCUT2D eigenvalue weighted by Gasteiger charge is -2.07. The van der Waals surface area contributed by atoms with Crippen molar-refractivity contribution in [2.75, 3.05) is 6.61 Å². The Balaban J connectivity index is 2.34. The third-order valence-corrected chi connectivity index (χ3v) is 2.60. The third-order valence-electron chi connectivity index (χ3n) is 2.60. The van der Waals surface area contributed by atoms with Crippen LogP contribution in [0.1, 0.15) is 48.5 Å². The van der Waals surface area contributed by atoms with E-state index in [4.69, 9.17) is 4.74 Å². The molecule has 0 heterocycles. The molecule has 0 bridgehead atoms. The van der Waals surface area contributed by atoms with Crippen molar-refractivity contribution < 1.29 is 9.53 Å². The van der Waals surface area contributed by atoms with E-state index in [-0.39, 0.29) is 0 Å². The molecular weight excluding hydrogens is 224 g/mol. The Hall–Kier alpha value is -1.75. The van der Waals surface area contributed by atoms with E-state index in [1.54, 1.807) is 6.07 Å². The molecule has 0 saturated heterocycles. The molecular formula is C16H20O2. The molecule has 1 rings (SSSR count). The van der Waals surface area contributed by atoms with Gasteiger partial charge in [0.1, 0.15) is 12.0 Å². The molecule has 0 radical (unpaired) electrons.